The Morgan fingerprint density at radius 2 is 1.93 bits per heavy atom. The standard InChI is InChI=1S/C16H15N7O2S2/c1-18-27(24,25)11-6-4-5-10(9-11)19-15-21-14(17)23(22-15)16-20-12-7-2-3-8-13(12)26-16/h2-9,18H,1H3,(H3,17,19,21,22). The number of sulfonamides is 1. The van der Waals surface area contributed by atoms with Gasteiger partial charge in [-0.2, -0.15) is 9.67 Å². The van der Waals surface area contributed by atoms with Crippen LogP contribution in [0.2, 0.25) is 0 Å². The van der Waals surface area contributed by atoms with Crippen molar-refractivity contribution >= 4 is 49.2 Å². The van der Waals surface area contributed by atoms with Crippen molar-refractivity contribution in [1.82, 2.24) is 24.5 Å². The van der Waals surface area contributed by atoms with Gasteiger partial charge >= 0.3 is 0 Å². The number of nitrogen functional groups attached to an aromatic ring is 1. The molecule has 9 nitrogen and oxygen atoms in total. The van der Waals surface area contributed by atoms with Gasteiger partial charge in [-0.25, -0.2) is 18.1 Å². The molecule has 0 atom stereocenters. The van der Waals surface area contributed by atoms with Gasteiger partial charge < -0.3 is 11.1 Å². The van der Waals surface area contributed by atoms with Gasteiger partial charge in [0.25, 0.3) is 0 Å². The molecule has 0 bridgehead atoms. The summed E-state index contributed by atoms with van der Waals surface area (Å²) in [6.45, 7) is 0. The molecule has 0 spiro atoms. The average molecular weight is 401 g/mol. The summed E-state index contributed by atoms with van der Waals surface area (Å²) in [5.74, 6) is 0.418. The molecule has 2 aromatic carbocycles. The third-order valence-electron chi connectivity index (χ3n) is 3.77. The molecule has 0 fully saturated rings. The second kappa shape index (κ2) is 6.61. The minimum Gasteiger partial charge on any atom is -0.368 e. The molecule has 2 aromatic heterocycles. The predicted octanol–water partition coefficient (Wildman–Crippen LogP) is 2.11. The van der Waals surface area contributed by atoms with Gasteiger partial charge in [-0.1, -0.05) is 29.5 Å². The van der Waals surface area contributed by atoms with Gasteiger partial charge in [0.15, 0.2) is 0 Å². The highest BCUT2D eigenvalue weighted by atomic mass is 32.2. The van der Waals surface area contributed by atoms with Crippen LogP contribution in [-0.2, 0) is 10.0 Å². The number of nitrogens with zero attached hydrogens (tertiary/aromatic N) is 4. The number of fused-ring (bicyclic) bond motifs is 1. The first kappa shape index (κ1) is 17.4. The topological polar surface area (TPSA) is 128 Å². The smallest absolute Gasteiger partial charge is 0.248 e. The summed E-state index contributed by atoms with van der Waals surface area (Å²) in [5, 5.41) is 7.90. The van der Waals surface area contributed by atoms with Crippen LogP contribution >= 0.6 is 11.3 Å². The highest BCUT2D eigenvalue weighted by molar-refractivity contribution is 7.89. The van der Waals surface area contributed by atoms with Crippen molar-refractivity contribution in [2.45, 2.75) is 4.90 Å². The van der Waals surface area contributed by atoms with Crippen molar-refractivity contribution in [3.8, 4) is 5.13 Å². The number of rotatable bonds is 5. The fourth-order valence-electron chi connectivity index (χ4n) is 2.46. The third kappa shape index (κ3) is 3.35. The van der Waals surface area contributed by atoms with Crippen LogP contribution in [-0.4, -0.2) is 35.2 Å². The Morgan fingerprint density at radius 1 is 1.11 bits per heavy atom. The second-order valence-electron chi connectivity index (χ2n) is 5.53. The van der Waals surface area contributed by atoms with E-state index < -0.39 is 10.0 Å². The van der Waals surface area contributed by atoms with E-state index in [1.807, 2.05) is 24.3 Å². The van der Waals surface area contributed by atoms with Crippen molar-refractivity contribution in [3.63, 3.8) is 0 Å². The van der Waals surface area contributed by atoms with Crippen LogP contribution in [0.4, 0.5) is 17.6 Å². The van der Waals surface area contributed by atoms with Gasteiger partial charge in [-0.05, 0) is 37.4 Å². The lowest BCUT2D eigenvalue weighted by atomic mass is 10.3. The molecule has 4 rings (SSSR count). The molecular formula is C16H15N7O2S2. The van der Waals surface area contributed by atoms with E-state index in [-0.39, 0.29) is 16.8 Å². The molecule has 0 aliphatic heterocycles. The lowest BCUT2D eigenvalue weighted by molar-refractivity contribution is 0.588. The fraction of sp³-hybridized carbons (Fsp3) is 0.0625. The lowest BCUT2D eigenvalue weighted by Crippen LogP contribution is -2.18. The number of para-hydroxylation sites is 1. The van der Waals surface area contributed by atoms with E-state index >= 15 is 0 Å². The Balaban J connectivity index is 1.65. The largest absolute Gasteiger partial charge is 0.368 e. The molecule has 0 radical (unpaired) electrons. The van der Waals surface area contributed by atoms with Crippen LogP contribution in [0.3, 0.4) is 0 Å². The van der Waals surface area contributed by atoms with Crippen LogP contribution < -0.4 is 15.8 Å². The molecular weight excluding hydrogens is 386 g/mol. The molecule has 4 N–H and O–H groups in total. The van der Waals surface area contributed by atoms with E-state index in [1.54, 1.807) is 12.1 Å². The van der Waals surface area contributed by atoms with Gasteiger partial charge in [0.1, 0.15) is 0 Å². The van der Waals surface area contributed by atoms with Crippen LogP contribution in [0, 0.1) is 0 Å². The van der Waals surface area contributed by atoms with Gasteiger partial charge in [0.2, 0.25) is 27.1 Å². The number of hydrogen-bond acceptors (Lipinski definition) is 8. The normalized spacial score (nSPS) is 11.7. The average Bonchev–Trinajstić information content (AvgIpc) is 3.24. The molecule has 27 heavy (non-hydrogen) atoms. The Labute approximate surface area is 158 Å². The Bertz CT molecular complexity index is 1200. The minimum absolute atomic E-state index is 0.133. The molecule has 11 heteroatoms. The van der Waals surface area contributed by atoms with Crippen molar-refractivity contribution in [2.24, 2.45) is 0 Å². The summed E-state index contributed by atoms with van der Waals surface area (Å²) in [4.78, 5) is 8.82. The van der Waals surface area contributed by atoms with E-state index in [2.05, 4.69) is 25.1 Å². The summed E-state index contributed by atoms with van der Waals surface area (Å²) < 4.78 is 28.6. The number of thiazole rings is 1. The number of aromatic nitrogens is 4. The zero-order valence-electron chi connectivity index (χ0n) is 14.1. The molecule has 2 heterocycles. The second-order valence-corrected chi connectivity index (χ2v) is 8.43. The number of anilines is 3. The molecule has 0 aliphatic rings. The van der Waals surface area contributed by atoms with Crippen LogP contribution in [0.15, 0.2) is 53.4 Å². The Kier molecular flexibility index (Phi) is 4.26. The molecule has 0 amide bonds. The predicted molar refractivity (Wildman–Crippen MR) is 105 cm³/mol. The summed E-state index contributed by atoms with van der Waals surface area (Å²) in [6, 6.07) is 14.1. The monoisotopic (exact) mass is 401 g/mol. The maximum Gasteiger partial charge on any atom is 0.248 e. The maximum atomic E-state index is 11.9. The van der Waals surface area contributed by atoms with Crippen molar-refractivity contribution < 1.29 is 8.42 Å². The zero-order chi connectivity index (χ0) is 19.0. The van der Waals surface area contributed by atoms with E-state index in [1.165, 1.54) is 35.2 Å². The van der Waals surface area contributed by atoms with Gasteiger partial charge in [0.05, 0.1) is 15.1 Å². The molecule has 0 saturated heterocycles. The number of benzene rings is 2. The number of hydrogen-bond donors (Lipinski definition) is 3. The Morgan fingerprint density at radius 3 is 2.70 bits per heavy atom. The van der Waals surface area contributed by atoms with Crippen molar-refractivity contribution in [2.75, 3.05) is 18.1 Å². The first-order valence-electron chi connectivity index (χ1n) is 7.85. The number of nitrogens with two attached hydrogens (primary N) is 1. The van der Waals surface area contributed by atoms with E-state index in [4.69, 9.17) is 5.73 Å². The molecule has 4 aromatic rings. The van der Waals surface area contributed by atoms with Crippen molar-refractivity contribution in [3.05, 3.63) is 48.5 Å². The maximum absolute atomic E-state index is 11.9. The fourth-order valence-corrected chi connectivity index (χ4v) is 4.16. The quantitative estimate of drug-likeness (QED) is 0.467. The summed E-state index contributed by atoms with van der Waals surface area (Å²) in [7, 11) is -2.18. The lowest BCUT2D eigenvalue weighted by Gasteiger charge is -2.05. The summed E-state index contributed by atoms with van der Waals surface area (Å²) >= 11 is 1.45. The third-order valence-corrected chi connectivity index (χ3v) is 6.19. The number of nitrogens with one attached hydrogen (secondary N) is 2. The summed E-state index contributed by atoms with van der Waals surface area (Å²) in [5.41, 5.74) is 7.35. The SMILES string of the molecule is CNS(=O)(=O)c1cccc(Nc2nc(N)n(-c3nc4ccccc4s3)n2)c1. The first-order valence-corrected chi connectivity index (χ1v) is 10.2. The highest BCUT2D eigenvalue weighted by Crippen LogP contribution is 2.26. The minimum atomic E-state index is -3.54. The van der Waals surface area contributed by atoms with Gasteiger partial charge in [0, 0.05) is 5.69 Å². The van der Waals surface area contributed by atoms with Crippen LogP contribution in [0.1, 0.15) is 0 Å². The van der Waals surface area contributed by atoms with Crippen LogP contribution in [0.5, 0.6) is 0 Å². The van der Waals surface area contributed by atoms with E-state index in [0.29, 0.717) is 10.8 Å². The van der Waals surface area contributed by atoms with Crippen LogP contribution in [0.25, 0.3) is 15.3 Å². The highest BCUT2D eigenvalue weighted by Gasteiger charge is 2.15. The van der Waals surface area contributed by atoms with E-state index in [9.17, 15) is 8.42 Å². The molecule has 0 aliphatic carbocycles. The summed E-state index contributed by atoms with van der Waals surface area (Å²) in [6.07, 6.45) is 0. The van der Waals surface area contributed by atoms with E-state index in [0.717, 1.165) is 10.2 Å². The zero-order valence-corrected chi connectivity index (χ0v) is 15.8. The first-order chi connectivity index (χ1) is 13.0. The molecule has 138 valence electrons. The van der Waals surface area contributed by atoms with Gasteiger partial charge in [-0.3, -0.25) is 0 Å². The van der Waals surface area contributed by atoms with Crippen molar-refractivity contribution in [1.29, 1.82) is 0 Å². The van der Waals surface area contributed by atoms with Gasteiger partial charge in [-0.15, -0.1) is 5.10 Å². The molecule has 0 unspecified atom stereocenters. The molecule has 0 saturated carbocycles. The Hall–Kier alpha value is -3.02.